The van der Waals surface area contributed by atoms with Gasteiger partial charge in [0.05, 0.1) is 18.1 Å². The minimum Gasteiger partial charge on any atom is -0.493 e. The van der Waals surface area contributed by atoms with Gasteiger partial charge in [0.1, 0.15) is 0 Å². The van der Waals surface area contributed by atoms with Crippen LogP contribution in [0, 0.1) is 0 Å². The Morgan fingerprint density at radius 1 is 1.12 bits per heavy atom. The van der Waals surface area contributed by atoms with E-state index in [1.807, 2.05) is 31.2 Å². The van der Waals surface area contributed by atoms with Crippen molar-refractivity contribution >= 4 is 28.7 Å². The lowest BCUT2D eigenvalue weighted by Gasteiger charge is -2.11. The summed E-state index contributed by atoms with van der Waals surface area (Å²) in [4.78, 5) is 28.7. The summed E-state index contributed by atoms with van der Waals surface area (Å²) in [6, 6.07) is 10.6. The zero-order chi connectivity index (χ0) is 18.5. The van der Waals surface area contributed by atoms with Crippen LogP contribution < -0.4 is 20.5 Å². The number of allylic oxidation sites excluding steroid dienone is 1. The highest BCUT2D eigenvalue weighted by Crippen LogP contribution is 2.28. The van der Waals surface area contributed by atoms with Gasteiger partial charge in [-0.2, -0.15) is 0 Å². The molecular weight excluding hydrogens is 334 g/mol. The van der Waals surface area contributed by atoms with Crippen LogP contribution in [0.25, 0.3) is 17.1 Å². The molecule has 0 saturated heterocycles. The van der Waals surface area contributed by atoms with Crippen molar-refractivity contribution in [2.75, 3.05) is 19.0 Å². The van der Waals surface area contributed by atoms with Gasteiger partial charge < -0.3 is 24.8 Å². The molecule has 3 N–H and O–H groups in total. The molecule has 26 heavy (non-hydrogen) atoms. The molecule has 2 aromatic carbocycles. The molecule has 0 aliphatic rings. The molecule has 0 unspecified atom stereocenters. The lowest BCUT2D eigenvalue weighted by Crippen LogP contribution is -2.20. The van der Waals surface area contributed by atoms with Crippen molar-refractivity contribution in [3.8, 4) is 11.5 Å². The first kappa shape index (κ1) is 17.3. The molecule has 0 atom stereocenters. The first-order valence-electron chi connectivity index (χ1n) is 8.04. The smallest absolute Gasteiger partial charge is 0.323 e. The summed E-state index contributed by atoms with van der Waals surface area (Å²) in [6.07, 6.45) is 3.87. The molecule has 0 spiro atoms. The Morgan fingerprint density at radius 3 is 2.69 bits per heavy atom. The predicted octanol–water partition coefficient (Wildman–Crippen LogP) is 2.92. The van der Waals surface area contributed by atoms with Crippen LogP contribution in [-0.2, 0) is 4.79 Å². The van der Waals surface area contributed by atoms with Crippen LogP contribution in [0.3, 0.4) is 0 Å². The van der Waals surface area contributed by atoms with Crippen LogP contribution in [0.15, 0.2) is 47.3 Å². The molecule has 0 aliphatic heterocycles. The number of aromatic nitrogens is 2. The van der Waals surface area contributed by atoms with Crippen LogP contribution in [0.4, 0.5) is 5.69 Å². The van der Waals surface area contributed by atoms with Crippen molar-refractivity contribution in [1.29, 1.82) is 0 Å². The Kier molecular flexibility index (Phi) is 5.07. The predicted molar refractivity (Wildman–Crippen MR) is 101 cm³/mol. The molecule has 3 rings (SSSR count). The molecule has 134 valence electrons. The first-order valence-corrected chi connectivity index (χ1v) is 8.04. The van der Waals surface area contributed by atoms with Gasteiger partial charge in [-0.3, -0.25) is 4.79 Å². The minimum absolute atomic E-state index is 0.166. The zero-order valence-electron chi connectivity index (χ0n) is 14.5. The molecule has 0 radical (unpaired) electrons. The third-order valence-corrected chi connectivity index (χ3v) is 3.71. The standard InChI is InChI=1S/C19H19N3O4/c1-3-4-12-5-8-16(17(9-12)25-2)26-11-18(23)20-13-6-7-14-15(10-13)22-19(24)21-14/h3-10H,11H2,1-2H3,(H,20,23)(H2,21,22,24). The normalized spacial score (nSPS) is 11.0. The van der Waals surface area contributed by atoms with Crippen LogP contribution in [0.5, 0.6) is 11.5 Å². The summed E-state index contributed by atoms with van der Waals surface area (Å²) in [5.74, 6) is 0.725. The number of ether oxygens (including phenoxy) is 2. The van der Waals surface area contributed by atoms with Crippen molar-refractivity contribution in [1.82, 2.24) is 9.97 Å². The maximum atomic E-state index is 12.1. The van der Waals surface area contributed by atoms with Gasteiger partial charge >= 0.3 is 5.69 Å². The molecule has 0 saturated carbocycles. The highest BCUT2D eigenvalue weighted by atomic mass is 16.5. The molecule has 7 heteroatoms. The number of imidazole rings is 1. The fourth-order valence-corrected chi connectivity index (χ4v) is 2.55. The number of benzene rings is 2. The Labute approximate surface area is 149 Å². The highest BCUT2D eigenvalue weighted by Gasteiger charge is 2.09. The van der Waals surface area contributed by atoms with Gasteiger partial charge in [-0.15, -0.1) is 0 Å². The molecule has 1 heterocycles. The number of aromatic amines is 2. The number of amides is 1. The second-order valence-corrected chi connectivity index (χ2v) is 5.59. The summed E-state index contributed by atoms with van der Waals surface area (Å²) >= 11 is 0. The number of fused-ring (bicyclic) bond motifs is 1. The largest absolute Gasteiger partial charge is 0.493 e. The van der Waals surface area contributed by atoms with E-state index in [1.165, 1.54) is 0 Å². The average Bonchev–Trinajstić information content (AvgIpc) is 3.00. The Bertz CT molecular complexity index is 1020. The number of rotatable bonds is 6. The third kappa shape index (κ3) is 3.94. The van der Waals surface area contributed by atoms with E-state index in [0.29, 0.717) is 28.2 Å². The van der Waals surface area contributed by atoms with Crippen LogP contribution in [-0.4, -0.2) is 29.6 Å². The van der Waals surface area contributed by atoms with Gasteiger partial charge in [0, 0.05) is 5.69 Å². The number of carbonyl (C=O) groups excluding carboxylic acids is 1. The molecule has 3 aromatic rings. The maximum absolute atomic E-state index is 12.1. The first-order chi connectivity index (χ1) is 12.6. The van der Waals surface area contributed by atoms with Crippen molar-refractivity contribution in [3.63, 3.8) is 0 Å². The van der Waals surface area contributed by atoms with Gasteiger partial charge in [-0.1, -0.05) is 18.2 Å². The summed E-state index contributed by atoms with van der Waals surface area (Å²) in [5.41, 5.74) is 2.55. The summed E-state index contributed by atoms with van der Waals surface area (Å²) in [6.45, 7) is 1.77. The molecule has 1 amide bonds. The van der Waals surface area contributed by atoms with E-state index in [4.69, 9.17) is 9.47 Å². The molecular formula is C19H19N3O4. The van der Waals surface area contributed by atoms with Gasteiger partial charge in [-0.05, 0) is 42.8 Å². The van der Waals surface area contributed by atoms with E-state index in [2.05, 4.69) is 15.3 Å². The monoisotopic (exact) mass is 353 g/mol. The van der Waals surface area contributed by atoms with Gasteiger partial charge in [0.25, 0.3) is 5.91 Å². The van der Waals surface area contributed by atoms with Crippen molar-refractivity contribution in [3.05, 3.63) is 58.5 Å². The topological polar surface area (TPSA) is 96.2 Å². The summed E-state index contributed by atoms with van der Waals surface area (Å²) < 4.78 is 10.9. The van der Waals surface area contributed by atoms with Crippen LogP contribution >= 0.6 is 0 Å². The third-order valence-electron chi connectivity index (χ3n) is 3.71. The lowest BCUT2D eigenvalue weighted by atomic mass is 10.2. The van der Waals surface area contributed by atoms with Crippen molar-refractivity contribution in [2.24, 2.45) is 0 Å². The van der Waals surface area contributed by atoms with E-state index in [-0.39, 0.29) is 18.2 Å². The SMILES string of the molecule is CC=Cc1ccc(OCC(=O)Nc2ccc3[nH]c(=O)[nH]c3c2)c(OC)c1. The molecule has 0 fully saturated rings. The van der Waals surface area contributed by atoms with E-state index in [0.717, 1.165) is 5.56 Å². The minimum atomic E-state index is -0.318. The zero-order valence-corrected chi connectivity index (χ0v) is 14.5. The fourth-order valence-electron chi connectivity index (χ4n) is 2.55. The maximum Gasteiger partial charge on any atom is 0.323 e. The highest BCUT2D eigenvalue weighted by molar-refractivity contribution is 5.93. The number of carbonyl (C=O) groups is 1. The second kappa shape index (κ2) is 7.60. The molecule has 0 bridgehead atoms. The fraction of sp³-hybridized carbons (Fsp3) is 0.158. The molecule has 7 nitrogen and oxygen atoms in total. The van der Waals surface area contributed by atoms with Crippen LogP contribution in [0.1, 0.15) is 12.5 Å². The number of nitrogens with one attached hydrogen (secondary N) is 3. The quantitative estimate of drug-likeness (QED) is 0.635. The second-order valence-electron chi connectivity index (χ2n) is 5.59. The summed E-state index contributed by atoms with van der Waals surface area (Å²) in [5, 5.41) is 2.73. The summed E-state index contributed by atoms with van der Waals surface area (Å²) in [7, 11) is 1.55. The number of hydrogen-bond acceptors (Lipinski definition) is 4. The van der Waals surface area contributed by atoms with E-state index < -0.39 is 0 Å². The van der Waals surface area contributed by atoms with Crippen LogP contribution in [0.2, 0.25) is 0 Å². The molecule has 0 aliphatic carbocycles. The van der Waals surface area contributed by atoms with Gasteiger partial charge in [0.15, 0.2) is 18.1 Å². The van der Waals surface area contributed by atoms with Gasteiger partial charge in [-0.25, -0.2) is 4.79 Å². The Morgan fingerprint density at radius 2 is 1.92 bits per heavy atom. The number of H-pyrrole nitrogens is 2. The van der Waals surface area contributed by atoms with E-state index >= 15 is 0 Å². The number of anilines is 1. The lowest BCUT2D eigenvalue weighted by molar-refractivity contribution is -0.118. The number of hydrogen-bond donors (Lipinski definition) is 3. The molecule has 1 aromatic heterocycles. The average molecular weight is 353 g/mol. The Hall–Kier alpha value is -3.48. The van der Waals surface area contributed by atoms with E-state index in [9.17, 15) is 9.59 Å². The van der Waals surface area contributed by atoms with Gasteiger partial charge in [0.2, 0.25) is 0 Å². The Balaban J connectivity index is 1.65. The van der Waals surface area contributed by atoms with Crippen molar-refractivity contribution in [2.45, 2.75) is 6.92 Å². The number of methoxy groups -OCH3 is 1. The van der Waals surface area contributed by atoms with Crippen molar-refractivity contribution < 1.29 is 14.3 Å². The van der Waals surface area contributed by atoms with E-state index in [1.54, 1.807) is 31.4 Å².